The van der Waals surface area contributed by atoms with Crippen molar-refractivity contribution in [3.63, 3.8) is 0 Å². The molecule has 0 bridgehead atoms. The van der Waals surface area contributed by atoms with Gasteiger partial charge in [-0.25, -0.2) is 0 Å². The molecule has 1 heterocycles. The van der Waals surface area contributed by atoms with Gasteiger partial charge in [-0.05, 0) is 44.7 Å². The van der Waals surface area contributed by atoms with E-state index in [-0.39, 0.29) is 0 Å². The minimum absolute atomic E-state index is 0.759. The summed E-state index contributed by atoms with van der Waals surface area (Å²) in [6.45, 7) is 8.45. The van der Waals surface area contributed by atoms with Gasteiger partial charge in [0.2, 0.25) is 0 Å². The zero-order valence-corrected chi connectivity index (χ0v) is 11.8. The lowest BCUT2D eigenvalue weighted by atomic mass is 9.90. The monoisotopic (exact) mass is 238 g/mol. The topological polar surface area (TPSA) is 15.3 Å². The van der Waals surface area contributed by atoms with Crippen molar-refractivity contribution in [3.05, 3.63) is 0 Å². The molecular formula is C15H30N2. The molecule has 2 fully saturated rings. The number of likely N-dealkylation sites (N-methyl/N-ethyl adjacent to an activating group) is 1. The van der Waals surface area contributed by atoms with Crippen molar-refractivity contribution >= 4 is 0 Å². The van der Waals surface area contributed by atoms with Gasteiger partial charge in [0.15, 0.2) is 0 Å². The van der Waals surface area contributed by atoms with Crippen LogP contribution < -0.4 is 5.32 Å². The molecule has 2 atom stereocenters. The third-order valence-electron chi connectivity index (χ3n) is 4.88. The van der Waals surface area contributed by atoms with Crippen LogP contribution in [0, 0.1) is 5.92 Å². The van der Waals surface area contributed by atoms with E-state index in [4.69, 9.17) is 0 Å². The lowest BCUT2D eigenvalue weighted by Gasteiger charge is -2.36. The highest BCUT2D eigenvalue weighted by atomic mass is 15.2. The fourth-order valence-corrected chi connectivity index (χ4v) is 3.69. The maximum absolute atomic E-state index is 3.73. The van der Waals surface area contributed by atoms with Gasteiger partial charge < -0.3 is 5.32 Å². The Hall–Kier alpha value is -0.0800. The summed E-state index contributed by atoms with van der Waals surface area (Å²) in [5, 5.41) is 3.73. The second-order valence-corrected chi connectivity index (χ2v) is 5.98. The molecular weight excluding hydrogens is 208 g/mol. The normalized spacial score (nSPS) is 31.2. The van der Waals surface area contributed by atoms with Gasteiger partial charge in [0, 0.05) is 18.6 Å². The predicted octanol–water partition coefficient (Wildman–Crippen LogP) is 3.03. The van der Waals surface area contributed by atoms with Crippen molar-refractivity contribution in [2.24, 2.45) is 5.92 Å². The maximum atomic E-state index is 3.73. The van der Waals surface area contributed by atoms with Crippen molar-refractivity contribution in [1.29, 1.82) is 0 Å². The molecule has 2 unspecified atom stereocenters. The first-order chi connectivity index (χ1) is 8.33. The van der Waals surface area contributed by atoms with Gasteiger partial charge in [-0.3, -0.25) is 4.90 Å². The Balaban J connectivity index is 1.80. The van der Waals surface area contributed by atoms with E-state index >= 15 is 0 Å². The molecule has 17 heavy (non-hydrogen) atoms. The summed E-state index contributed by atoms with van der Waals surface area (Å²) in [6, 6.07) is 1.65. The molecule has 100 valence electrons. The predicted molar refractivity (Wildman–Crippen MR) is 74.3 cm³/mol. The molecule has 2 heteroatoms. The Morgan fingerprint density at radius 2 is 1.88 bits per heavy atom. The summed E-state index contributed by atoms with van der Waals surface area (Å²) in [5.74, 6) is 0.975. The zero-order valence-electron chi connectivity index (χ0n) is 11.8. The fourth-order valence-electron chi connectivity index (χ4n) is 3.69. The summed E-state index contributed by atoms with van der Waals surface area (Å²) < 4.78 is 0. The van der Waals surface area contributed by atoms with Gasteiger partial charge in [0.1, 0.15) is 0 Å². The Bertz CT molecular complexity index is 211. The third-order valence-corrected chi connectivity index (χ3v) is 4.88. The van der Waals surface area contributed by atoms with Crippen LogP contribution in [0.2, 0.25) is 0 Å². The highest BCUT2D eigenvalue weighted by molar-refractivity contribution is 4.84. The summed E-state index contributed by atoms with van der Waals surface area (Å²) in [4.78, 5) is 2.74. The number of nitrogens with zero attached hydrogens (tertiary/aromatic N) is 1. The Morgan fingerprint density at radius 3 is 2.53 bits per heavy atom. The molecule has 0 aromatic heterocycles. The number of piperidine rings is 1. The second-order valence-electron chi connectivity index (χ2n) is 5.98. The Morgan fingerprint density at radius 1 is 1.12 bits per heavy atom. The molecule has 0 aromatic rings. The Labute approximate surface area is 107 Å². The van der Waals surface area contributed by atoms with Crippen LogP contribution in [0.5, 0.6) is 0 Å². The minimum Gasteiger partial charge on any atom is -0.313 e. The van der Waals surface area contributed by atoms with Crippen LogP contribution in [0.15, 0.2) is 0 Å². The zero-order chi connectivity index (χ0) is 12.1. The quantitative estimate of drug-likeness (QED) is 0.792. The summed E-state index contributed by atoms with van der Waals surface area (Å²) in [6.07, 6.45) is 9.96. The molecule has 0 spiro atoms. The van der Waals surface area contributed by atoms with Gasteiger partial charge in [-0.1, -0.05) is 33.1 Å². The van der Waals surface area contributed by atoms with Crippen molar-refractivity contribution in [2.45, 2.75) is 70.9 Å². The summed E-state index contributed by atoms with van der Waals surface area (Å²) >= 11 is 0. The van der Waals surface area contributed by atoms with Gasteiger partial charge in [0.05, 0.1) is 0 Å². The fraction of sp³-hybridized carbons (Fsp3) is 1.00. The number of hydrogen-bond acceptors (Lipinski definition) is 2. The molecule has 2 nitrogen and oxygen atoms in total. The lowest BCUT2D eigenvalue weighted by molar-refractivity contribution is 0.161. The van der Waals surface area contributed by atoms with E-state index in [0.717, 1.165) is 18.0 Å². The van der Waals surface area contributed by atoms with Gasteiger partial charge in [-0.15, -0.1) is 0 Å². The SMILES string of the molecule is CCC1CCNC(CN(CC)C2CCCC2)C1. The highest BCUT2D eigenvalue weighted by Gasteiger charge is 2.26. The van der Waals surface area contributed by atoms with E-state index in [1.54, 1.807) is 0 Å². The second kappa shape index (κ2) is 6.75. The van der Waals surface area contributed by atoms with Crippen molar-refractivity contribution in [2.75, 3.05) is 19.6 Å². The first-order valence-corrected chi connectivity index (χ1v) is 7.80. The van der Waals surface area contributed by atoms with Gasteiger partial charge in [0.25, 0.3) is 0 Å². The van der Waals surface area contributed by atoms with Crippen LogP contribution >= 0.6 is 0 Å². The maximum Gasteiger partial charge on any atom is 0.0197 e. The van der Waals surface area contributed by atoms with Crippen LogP contribution in [0.25, 0.3) is 0 Å². The van der Waals surface area contributed by atoms with Crippen LogP contribution in [-0.4, -0.2) is 36.6 Å². The molecule has 1 N–H and O–H groups in total. The van der Waals surface area contributed by atoms with E-state index in [0.29, 0.717) is 0 Å². The van der Waals surface area contributed by atoms with Gasteiger partial charge >= 0.3 is 0 Å². The van der Waals surface area contributed by atoms with Gasteiger partial charge in [-0.2, -0.15) is 0 Å². The number of hydrogen-bond donors (Lipinski definition) is 1. The lowest BCUT2D eigenvalue weighted by Crippen LogP contribution is -2.48. The molecule has 1 saturated heterocycles. The van der Waals surface area contributed by atoms with Crippen LogP contribution in [0.4, 0.5) is 0 Å². The largest absolute Gasteiger partial charge is 0.313 e. The first kappa shape index (κ1) is 13.4. The first-order valence-electron chi connectivity index (χ1n) is 7.80. The summed E-state index contributed by atoms with van der Waals surface area (Å²) in [7, 11) is 0. The molecule has 0 radical (unpaired) electrons. The molecule has 1 saturated carbocycles. The van der Waals surface area contributed by atoms with Crippen LogP contribution in [0.1, 0.15) is 58.8 Å². The molecule has 2 rings (SSSR count). The molecule has 2 aliphatic rings. The average molecular weight is 238 g/mol. The van der Waals surface area contributed by atoms with E-state index in [1.807, 2.05) is 0 Å². The van der Waals surface area contributed by atoms with Crippen molar-refractivity contribution < 1.29 is 0 Å². The van der Waals surface area contributed by atoms with E-state index in [2.05, 4.69) is 24.1 Å². The van der Waals surface area contributed by atoms with E-state index < -0.39 is 0 Å². The molecule has 0 aromatic carbocycles. The van der Waals surface area contributed by atoms with Crippen molar-refractivity contribution in [1.82, 2.24) is 10.2 Å². The summed E-state index contributed by atoms with van der Waals surface area (Å²) in [5.41, 5.74) is 0. The number of rotatable bonds is 5. The average Bonchev–Trinajstić information content (AvgIpc) is 2.90. The molecule has 1 aliphatic carbocycles. The standard InChI is InChI=1S/C15H30N2/c1-3-13-9-10-16-14(11-13)12-17(4-2)15-7-5-6-8-15/h13-16H,3-12H2,1-2H3. The minimum atomic E-state index is 0.759. The van der Waals surface area contributed by atoms with Crippen LogP contribution in [-0.2, 0) is 0 Å². The van der Waals surface area contributed by atoms with E-state index in [9.17, 15) is 0 Å². The Kier molecular flexibility index (Phi) is 5.30. The third kappa shape index (κ3) is 3.69. The van der Waals surface area contributed by atoms with E-state index in [1.165, 1.54) is 64.6 Å². The smallest absolute Gasteiger partial charge is 0.0197 e. The van der Waals surface area contributed by atoms with Crippen molar-refractivity contribution in [3.8, 4) is 0 Å². The highest BCUT2D eigenvalue weighted by Crippen LogP contribution is 2.25. The molecule has 0 amide bonds. The molecule has 1 aliphatic heterocycles. The number of nitrogens with one attached hydrogen (secondary N) is 1. The van der Waals surface area contributed by atoms with Crippen LogP contribution in [0.3, 0.4) is 0 Å².